The van der Waals surface area contributed by atoms with Gasteiger partial charge in [0, 0.05) is 17.1 Å². The second kappa shape index (κ2) is 4.11. The molecule has 0 aliphatic carbocycles. The van der Waals surface area contributed by atoms with Crippen LogP contribution in [-0.2, 0) is 6.42 Å². The fourth-order valence-electron chi connectivity index (χ4n) is 2.84. The molecule has 1 aromatic heterocycles. The van der Waals surface area contributed by atoms with Crippen molar-refractivity contribution in [2.24, 2.45) is 0 Å². The topological polar surface area (TPSA) is 24.9 Å². The molecule has 2 heterocycles. The summed E-state index contributed by atoms with van der Waals surface area (Å²) in [6.07, 6.45) is 5.58. The first kappa shape index (κ1) is 10.7. The Bertz CT molecular complexity index is 522. The van der Waals surface area contributed by atoms with Crippen LogP contribution >= 0.6 is 0 Å². The zero-order valence-electron chi connectivity index (χ0n) is 10.2. The van der Waals surface area contributed by atoms with Gasteiger partial charge in [-0.1, -0.05) is 18.2 Å². The molecule has 1 aliphatic rings. The van der Waals surface area contributed by atoms with Crippen molar-refractivity contribution in [2.45, 2.75) is 31.7 Å². The molecule has 1 unspecified atom stereocenters. The quantitative estimate of drug-likeness (QED) is 0.851. The molecule has 1 fully saturated rings. The number of nitrogens with one attached hydrogen (secondary N) is 1. The molecule has 1 aromatic carbocycles. The van der Waals surface area contributed by atoms with Crippen LogP contribution in [0.15, 0.2) is 36.5 Å². The summed E-state index contributed by atoms with van der Waals surface area (Å²) in [6.45, 7) is 3.48. The smallest absolute Gasteiger partial charge is 0.0704 e. The standard InChI is InChI=1S/C15H18N2/c1-15(8-4-9-17-15)11-12-7-10-16-14-6-3-2-5-13(12)14/h2-3,5-7,10,17H,4,8-9,11H2,1H3. The van der Waals surface area contributed by atoms with Gasteiger partial charge in [-0.3, -0.25) is 4.98 Å². The van der Waals surface area contributed by atoms with Gasteiger partial charge in [-0.05, 0) is 50.4 Å². The monoisotopic (exact) mass is 226 g/mol. The number of aromatic nitrogens is 1. The lowest BCUT2D eigenvalue weighted by Gasteiger charge is -2.25. The zero-order valence-corrected chi connectivity index (χ0v) is 10.2. The molecule has 3 rings (SSSR count). The molecule has 2 nitrogen and oxygen atoms in total. The lowest BCUT2D eigenvalue weighted by molar-refractivity contribution is 0.414. The van der Waals surface area contributed by atoms with Crippen LogP contribution in [-0.4, -0.2) is 17.1 Å². The van der Waals surface area contributed by atoms with Crippen molar-refractivity contribution in [3.63, 3.8) is 0 Å². The van der Waals surface area contributed by atoms with Crippen molar-refractivity contribution in [3.05, 3.63) is 42.1 Å². The Morgan fingerprint density at radius 3 is 3.00 bits per heavy atom. The van der Waals surface area contributed by atoms with Gasteiger partial charge in [-0.25, -0.2) is 0 Å². The average Bonchev–Trinajstić information content (AvgIpc) is 2.76. The number of para-hydroxylation sites is 1. The van der Waals surface area contributed by atoms with Crippen LogP contribution in [0, 0.1) is 0 Å². The first-order chi connectivity index (χ1) is 8.27. The van der Waals surface area contributed by atoms with Crippen molar-refractivity contribution in [1.82, 2.24) is 10.3 Å². The van der Waals surface area contributed by atoms with E-state index in [1.165, 1.54) is 23.8 Å². The summed E-state index contributed by atoms with van der Waals surface area (Å²) in [5.74, 6) is 0. The van der Waals surface area contributed by atoms with Crippen molar-refractivity contribution in [2.75, 3.05) is 6.54 Å². The van der Waals surface area contributed by atoms with Crippen LogP contribution < -0.4 is 5.32 Å². The highest BCUT2D eigenvalue weighted by atomic mass is 15.0. The maximum atomic E-state index is 4.42. The number of pyridine rings is 1. The Hall–Kier alpha value is -1.41. The molecule has 0 radical (unpaired) electrons. The molecule has 0 spiro atoms. The third kappa shape index (κ3) is 2.05. The van der Waals surface area contributed by atoms with Gasteiger partial charge in [0.1, 0.15) is 0 Å². The SMILES string of the molecule is CC1(Cc2ccnc3ccccc23)CCCN1. The van der Waals surface area contributed by atoms with Crippen molar-refractivity contribution >= 4 is 10.9 Å². The maximum absolute atomic E-state index is 4.42. The molecule has 0 amide bonds. The predicted octanol–water partition coefficient (Wildman–Crippen LogP) is 2.92. The highest BCUT2D eigenvalue weighted by Crippen LogP contribution is 2.26. The summed E-state index contributed by atoms with van der Waals surface area (Å²) in [4.78, 5) is 4.42. The average molecular weight is 226 g/mol. The summed E-state index contributed by atoms with van der Waals surface area (Å²) in [5.41, 5.74) is 2.78. The molecule has 2 heteroatoms. The molecule has 1 aliphatic heterocycles. The number of hydrogen-bond acceptors (Lipinski definition) is 2. The molecule has 88 valence electrons. The van der Waals surface area contributed by atoms with E-state index >= 15 is 0 Å². The third-order valence-corrected chi connectivity index (χ3v) is 3.78. The molecule has 0 bridgehead atoms. The number of rotatable bonds is 2. The second-order valence-corrected chi connectivity index (χ2v) is 5.25. The van der Waals surface area contributed by atoms with E-state index in [4.69, 9.17) is 0 Å². The van der Waals surface area contributed by atoms with Crippen molar-refractivity contribution in [1.29, 1.82) is 0 Å². The minimum Gasteiger partial charge on any atom is -0.311 e. The lowest BCUT2D eigenvalue weighted by Crippen LogP contribution is -2.38. The van der Waals surface area contributed by atoms with Crippen LogP contribution in [0.3, 0.4) is 0 Å². The number of nitrogens with zero attached hydrogens (tertiary/aromatic N) is 1. The first-order valence-corrected chi connectivity index (χ1v) is 6.35. The number of hydrogen-bond donors (Lipinski definition) is 1. The van der Waals surface area contributed by atoms with Crippen LogP contribution in [0.4, 0.5) is 0 Å². The van der Waals surface area contributed by atoms with E-state index in [0.717, 1.165) is 18.5 Å². The molecule has 0 saturated carbocycles. The van der Waals surface area contributed by atoms with Crippen LogP contribution in [0.25, 0.3) is 10.9 Å². The van der Waals surface area contributed by atoms with Crippen molar-refractivity contribution in [3.8, 4) is 0 Å². The summed E-state index contributed by atoms with van der Waals surface area (Å²) in [7, 11) is 0. The molecule has 2 aromatic rings. The summed E-state index contributed by atoms with van der Waals surface area (Å²) in [5, 5.41) is 4.92. The van der Waals surface area contributed by atoms with Gasteiger partial charge in [0.25, 0.3) is 0 Å². The fraction of sp³-hybridized carbons (Fsp3) is 0.400. The summed E-state index contributed by atoms with van der Waals surface area (Å²) < 4.78 is 0. The van der Waals surface area contributed by atoms with Crippen LogP contribution in [0.5, 0.6) is 0 Å². The molecule has 1 N–H and O–H groups in total. The molecule has 1 saturated heterocycles. The predicted molar refractivity (Wildman–Crippen MR) is 71.1 cm³/mol. The van der Waals surface area contributed by atoms with E-state index in [-0.39, 0.29) is 5.54 Å². The van der Waals surface area contributed by atoms with E-state index in [2.05, 4.69) is 47.6 Å². The minimum absolute atomic E-state index is 0.268. The zero-order chi connectivity index (χ0) is 11.7. The highest BCUT2D eigenvalue weighted by Gasteiger charge is 2.28. The third-order valence-electron chi connectivity index (χ3n) is 3.78. The Morgan fingerprint density at radius 1 is 1.29 bits per heavy atom. The molecule has 17 heavy (non-hydrogen) atoms. The molecule has 1 atom stereocenters. The largest absolute Gasteiger partial charge is 0.311 e. The number of benzene rings is 1. The Kier molecular flexibility index (Phi) is 2.60. The lowest BCUT2D eigenvalue weighted by atomic mass is 9.90. The second-order valence-electron chi connectivity index (χ2n) is 5.25. The summed E-state index contributed by atoms with van der Waals surface area (Å²) >= 11 is 0. The van der Waals surface area contributed by atoms with E-state index in [9.17, 15) is 0 Å². The van der Waals surface area contributed by atoms with E-state index < -0.39 is 0 Å². The van der Waals surface area contributed by atoms with Gasteiger partial charge in [-0.2, -0.15) is 0 Å². The Morgan fingerprint density at radius 2 is 2.18 bits per heavy atom. The normalized spacial score (nSPS) is 24.3. The van der Waals surface area contributed by atoms with Crippen LogP contribution in [0.1, 0.15) is 25.3 Å². The van der Waals surface area contributed by atoms with Gasteiger partial charge < -0.3 is 5.32 Å². The fourth-order valence-corrected chi connectivity index (χ4v) is 2.84. The number of fused-ring (bicyclic) bond motifs is 1. The Labute approximate surface area is 102 Å². The maximum Gasteiger partial charge on any atom is 0.0704 e. The van der Waals surface area contributed by atoms with E-state index in [0.29, 0.717) is 0 Å². The highest BCUT2D eigenvalue weighted by molar-refractivity contribution is 5.81. The summed E-state index contributed by atoms with van der Waals surface area (Å²) in [6, 6.07) is 10.6. The minimum atomic E-state index is 0.268. The molecular weight excluding hydrogens is 208 g/mol. The van der Waals surface area contributed by atoms with Gasteiger partial charge in [0.2, 0.25) is 0 Å². The van der Waals surface area contributed by atoms with E-state index in [1.54, 1.807) is 0 Å². The Balaban J connectivity index is 2.00. The van der Waals surface area contributed by atoms with E-state index in [1.807, 2.05) is 6.20 Å². The van der Waals surface area contributed by atoms with Gasteiger partial charge >= 0.3 is 0 Å². The van der Waals surface area contributed by atoms with Gasteiger partial charge in [0.05, 0.1) is 5.52 Å². The van der Waals surface area contributed by atoms with Gasteiger partial charge in [-0.15, -0.1) is 0 Å². The van der Waals surface area contributed by atoms with Crippen LogP contribution in [0.2, 0.25) is 0 Å². The van der Waals surface area contributed by atoms with Gasteiger partial charge in [0.15, 0.2) is 0 Å². The first-order valence-electron chi connectivity index (χ1n) is 6.35. The molecular formula is C15H18N2. The van der Waals surface area contributed by atoms with Crippen molar-refractivity contribution < 1.29 is 0 Å².